The molecule has 1 heteroatoms. The van der Waals surface area contributed by atoms with Crippen molar-refractivity contribution in [3.63, 3.8) is 0 Å². The molecule has 1 nitrogen and oxygen atoms in total. The van der Waals surface area contributed by atoms with Crippen LogP contribution in [0.25, 0.3) is 0 Å². The summed E-state index contributed by atoms with van der Waals surface area (Å²) in [5, 5.41) is 0. The predicted octanol–water partition coefficient (Wildman–Crippen LogP) is 2.96. The van der Waals surface area contributed by atoms with Gasteiger partial charge in [0.1, 0.15) is 6.29 Å². The van der Waals surface area contributed by atoms with Crippen LogP contribution in [0.1, 0.15) is 40.0 Å². The highest BCUT2D eigenvalue weighted by atomic mass is 16.1. The molecule has 1 unspecified atom stereocenters. The maximum Gasteiger partial charge on any atom is 0.130 e. The molecule has 1 atom stereocenters. The van der Waals surface area contributed by atoms with Gasteiger partial charge < -0.3 is 4.79 Å². The Kier molecular flexibility index (Phi) is 2.15. The Bertz CT molecular complexity index is 215. The lowest BCUT2D eigenvalue weighted by Crippen LogP contribution is -2.41. The molecule has 0 aromatic carbocycles. The Balaban J connectivity index is 3.04. The van der Waals surface area contributed by atoms with Gasteiger partial charge >= 0.3 is 0 Å². The molecule has 0 radical (unpaired) electrons. The number of carbonyl (C=O) groups excluding carboxylic acids is 1. The average Bonchev–Trinajstić information content (AvgIpc) is 2.00. The molecule has 0 aliphatic heterocycles. The van der Waals surface area contributed by atoms with Crippen LogP contribution in [0, 0.1) is 10.8 Å². The van der Waals surface area contributed by atoms with E-state index >= 15 is 0 Å². The molecule has 1 fully saturated rings. The van der Waals surface area contributed by atoms with Crippen molar-refractivity contribution in [2.75, 3.05) is 0 Å². The Labute approximate surface area is 74.9 Å². The van der Waals surface area contributed by atoms with Crippen LogP contribution in [0.5, 0.6) is 0 Å². The van der Waals surface area contributed by atoms with Crippen LogP contribution in [0.15, 0.2) is 12.2 Å². The van der Waals surface area contributed by atoms with Gasteiger partial charge in [-0.05, 0) is 31.6 Å². The minimum absolute atomic E-state index is 0.0874. The summed E-state index contributed by atoms with van der Waals surface area (Å²) in [6, 6.07) is 0. The van der Waals surface area contributed by atoms with Crippen molar-refractivity contribution in [3.8, 4) is 0 Å². The number of hydrogen-bond donors (Lipinski definition) is 0. The molecular weight excluding hydrogens is 148 g/mol. The molecule has 0 N–H and O–H groups in total. The molecule has 1 rings (SSSR count). The van der Waals surface area contributed by atoms with Crippen LogP contribution < -0.4 is 0 Å². The quantitative estimate of drug-likeness (QED) is 0.432. The van der Waals surface area contributed by atoms with Gasteiger partial charge in [-0.1, -0.05) is 26.0 Å². The number of allylic oxidation sites excluding steroid dienone is 1. The summed E-state index contributed by atoms with van der Waals surface area (Å²) >= 11 is 0. The highest BCUT2D eigenvalue weighted by Gasteiger charge is 2.44. The van der Waals surface area contributed by atoms with Crippen molar-refractivity contribution >= 4 is 6.29 Å². The van der Waals surface area contributed by atoms with Gasteiger partial charge in [0.15, 0.2) is 0 Å². The second-order valence-electron chi connectivity index (χ2n) is 4.66. The molecule has 1 saturated carbocycles. The zero-order chi connectivity index (χ0) is 9.41. The van der Waals surface area contributed by atoms with Crippen LogP contribution in [-0.4, -0.2) is 6.29 Å². The summed E-state index contributed by atoms with van der Waals surface area (Å²) in [7, 11) is 0. The van der Waals surface area contributed by atoms with E-state index in [9.17, 15) is 4.79 Å². The fourth-order valence-electron chi connectivity index (χ4n) is 1.98. The maximum atomic E-state index is 11.0. The molecule has 1 aliphatic carbocycles. The lowest BCUT2D eigenvalue weighted by atomic mass is 9.57. The molecule has 68 valence electrons. The molecular formula is C11H18O. The number of hydrogen-bond acceptors (Lipinski definition) is 1. The van der Waals surface area contributed by atoms with Gasteiger partial charge in [-0.25, -0.2) is 0 Å². The number of aldehydes is 1. The molecule has 0 aromatic rings. The van der Waals surface area contributed by atoms with Crippen molar-refractivity contribution in [1.82, 2.24) is 0 Å². The third kappa shape index (κ3) is 1.12. The third-order valence-electron chi connectivity index (χ3n) is 3.66. The summed E-state index contributed by atoms with van der Waals surface area (Å²) in [5.74, 6) is 0. The van der Waals surface area contributed by atoms with E-state index in [0.717, 1.165) is 24.7 Å². The van der Waals surface area contributed by atoms with Crippen LogP contribution in [0.4, 0.5) is 0 Å². The number of rotatable bonds is 1. The Morgan fingerprint density at radius 2 is 2.00 bits per heavy atom. The smallest absolute Gasteiger partial charge is 0.130 e. The lowest BCUT2D eigenvalue weighted by Gasteiger charge is -2.45. The van der Waals surface area contributed by atoms with Crippen molar-refractivity contribution < 1.29 is 4.79 Å². The van der Waals surface area contributed by atoms with Crippen LogP contribution in [-0.2, 0) is 4.79 Å². The molecule has 0 aromatic heterocycles. The minimum atomic E-state index is -0.300. The summed E-state index contributed by atoms with van der Waals surface area (Å²) in [4.78, 5) is 11.0. The van der Waals surface area contributed by atoms with Gasteiger partial charge in [0.25, 0.3) is 0 Å². The van der Waals surface area contributed by atoms with Gasteiger partial charge in [-0.15, -0.1) is 0 Å². The van der Waals surface area contributed by atoms with E-state index in [2.05, 4.69) is 20.4 Å². The zero-order valence-corrected chi connectivity index (χ0v) is 8.31. The summed E-state index contributed by atoms with van der Waals surface area (Å²) in [6.07, 6.45) is 4.39. The Morgan fingerprint density at radius 1 is 1.42 bits per heavy atom. The van der Waals surface area contributed by atoms with Crippen LogP contribution in [0.3, 0.4) is 0 Å². The Hall–Kier alpha value is -0.590. The summed E-state index contributed by atoms with van der Waals surface area (Å²) < 4.78 is 0. The highest BCUT2D eigenvalue weighted by Crippen LogP contribution is 2.50. The first-order chi connectivity index (χ1) is 5.44. The molecule has 0 spiro atoms. The van der Waals surface area contributed by atoms with Crippen LogP contribution in [0.2, 0.25) is 0 Å². The Morgan fingerprint density at radius 3 is 2.33 bits per heavy atom. The monoisotopic (exact) mass is 166 g/mol. The molecule has 1 aliphatic rings. The first-order valence-electron chi connectivity index (χ1n) is 4.59. The third-order valence-corrected chi connectivity index (χ3v) is 3.66. The van der Waals surface area contributed by atoms with Gasteiger partial charge in [0, 0.05) is 5.41 Å². The van der Waals surface area contributed by atoms with E-state index in [4.69, 9.17) is 0 Å². The van der Waals surface area contributed by atoms with Crippen molar-refractivity contribution in [3.05, 3.63) is 12.2 Å². The van der Waals surface area contributed by atoms with Gasteiger partial charge in [-0.3, -0.25) is 0 Å². The lowest BCUT2D eigenvalue weighted by molar-refractivity contribution is -0.120. The minimum Gasteiger partial charge on any atom is -0.302 e. The van der Waals surface area contributed by atoms with Gasteiger partial charge in [0.05, 0.1) is 0 Å². The summed E-state index contributed by atoms with van der Waals surface area (Å²) in [5.41, 5.74) is 0.892. The number of carbonyl (C=O) groups is 1. The standard InChI is InChI=1S/C11H18O/c1-9-6-5-7-10(2,3)11(9,4)8-12/h8H,1,5-7H2,2-4H3. The van der Waals surface area contributed by atoms with E-state index in [1.807, 2.05) is 6.92 Å². The first-order valence-corrected chi connectivity index (χ1v) is 4.59. The van der Waals surface area contributed by atoms with Gasteiger partial charge in [-0.2, -0.15) is 0 Å². The molecule has 0 amide bonds. The highest BCUT2D eigenvalue weighted by molar-refractivity contribution is 5.66. The van der Waals surface area contributed by atoms with E-state index in [0.29, 0.717) is 0 Å². The average molecular weight is 166 g/mol. The maximum absolute atomic E-state index is 11.0. The second-order valence-corrected chi connectivity index (χ2v) is 4.66. The largest absolute Gasteiger partial charge is 0.302 e. The van der Waals surface area contributed by atoms with E-state index in [1.54, 1.807) is 0 Å². The van der Waals surface area contributed by atoms with E-state index < -0.39 is 0 Å². The fraction of sp³-hybridized carbons (Fsp3) is 0.727. The SMILES string of the molecule is C=C1CCCC(C)(C)C1(C)C=O. The second kappa shape index (κ2) is 2.72. The molecule has 12 heavy (non-hydrogen) atoms. The topological polar surface area (TPSA) is 17.1 Å². The van der Waals surface area contributed by atoms with Crippen LogP contribution >= 0.6 is 0 Å². The van der Waals surface area contributed by atoms with Crippen molar-refractivity contribution in [2.24, 2.45) is 10.8 Å². The van der Waals surface area contributed by atoms with E-state index in [1.165, 1.54) is 6.42 Å². The summed E-state index contributed by atoms with van der Waals surface area (Å²) in [6.45, 7) is 10.3. The van der Waals surface area contributed by atoms with Gasteiger partial charge in [0.2, 0.25) is 0 Å². The van der Waals surface area contributed by atoms with Crippen molar-refractivity contribution in [2.45, 2.75) is 40.0 Å². The zero-order valence-electron chi connectivity index (χ0n) is 8.31. The molecule has 0 heterocycles. The molecule has 0 bridgehead atoms. The fourth-order valence-corrected chi connectivity index (χ4v) is 1.98. The first kappa shape index (κ1) is 9.50. The predicted molar refractivity (Wildman–Crippen MR) is 50.9 cm³/mol. The normalized spacial score (nSPS) is 34.8. The van der Waals surface area contributed by atoms with E-state index in [-0.39, 0.29) is 10.8 Å². The molecule has 0 saturated heterocycles. The van der Waals surface area contributed by atoms with Crippen molar-refractivity contribution in [1.29, 1.82) is 0 Å².